The van der Waals surface area contributed by atoms with Gasteiger partial charge in [0.05, 0.1) is 41.4 Å². The van der Waals surface area contributed by atoms with Crippen molar-refractivity contribution in [1.29, 1.82) is 0 Å². The number of benzene rings is 1. The fourth-order valence-electron chi connectivity index (χ4n) is 2.99. The van der Waals surface area contributed by atoms with Crippen LogP contribution in [0.4, 0.5) is 4.39 Å². The lowest BCUT2D eigenvalue weighted by molar-refractivity contribution is 0.0951. The van der Waals surface area contributed by atoms with Crippen LogP contribution in [0.15, 0.2) is 66.1 Å². The second-order valence-electron chi connectivity index (χ2n) is 6.51. The third-order valence-electron chi connectivity index (χ3n) is 4.57. The van der Waals surface area contributed by atoms with E-state index in [1.165, 1.54) is 37.6 Å². The van der Waals surface area contributed by atoms with Crippen molar-refractivity contribution in [2.24, 2.45) is 0 Å². The molecule has 0 aliphatic carbocycles. The van der Waals surface area contributed by atoms with Crippen LogP contribution in [0.25, 0.3) is 16.6 Å². The van der Waals surface area contributed by atoms with Crippen LogP contribution in [0, 0.1) is 5.82 Å². The molecule has 4 rings (SSSR count). The molecule has 3 aromatic heterocycles. The molecule has 0 atom stereocenters. The largest absolute Gasteiger partial charge is 0.346 e. The summed E-state index contributed by atoms with van der Waals surface area (Å²) in [4.78, 5) is 21.0. The molecular weight excluding hydrogens is 423 g/mol. The van der Waals surface area contributed by atoms with Crippen molar-refractivity contribution in [1.82, 2.24) is 29.8 Å². The SMILES string of the molecule is CNS(=O)(=O)c1cccc(CNC(=O)c2cncc3c2cnn3-c2ccc(F)cc2)n1. The minimum atomic E-state index is -3.68. The van der Waals surface area contributed by atoms with Crippen LogP contribution in [-0.2, 0) is 16.6 Å². The number of nitrogens with zero attached hydrogens (tertiary/aromatic N) is 4. The molecule has 0 unspecified atom stereocenters. The molecule has 4 aromatic rings. The Morgan fingerprint density at radius 1 is 1.10 bits per heavy atom. The zero-order valence-electron chi connectivity index (χ0n) is 16.3. The summed E-state index contributed by atoms with van der Waals surface area (Å²) in [5, 5.41) is 7.44. The molecule has 2 N–H and O–H groups in total. The number of rotatable bonds is 6. The number of pyridine rings is 2. The smallest absolute Gasteiger partial charge is 0.257 e. The zero-order chi connectivity index (χ0) is 22.0. The molecule has 0 fully saturated rings. The molecule has 0 saturated heterocycles. The Bertz CT molecular complexity index is 1370. The normalized spacial score (nSPS) is 11.5. The minimum absolute atomic E-state index is 0.0222. The summed E-state index contributed by atoms with van der Waals surface area (Å²) in [6, 6.07) is 10.3. The first-order valence-corrected chi connectivity index (χ1v) is 10.6. The molecule has 0 aliphatic rings. The predicted octanol–water partition coefficient (Wildman–Crippen LogP) is 1.79. The number of aromatic nitrogens is 4. The quantitative estimate of drug-likeness (QED) is 0.472. The van der Waals surface area contributed by atoms with Crippen LogP contribution in [0.1, 0.15) is 16.1 Å². The van der Waals surface area contributed by atoms with Crippen LogP contribution >= 0.6 is 0 Å². The Kier molecular flexibility index (Phi) is 5.44. The Hall–Kier alpha value is -3.70. The first kappa shape index (κ1) is 20.6. The first-order valence-electron chi connectivity index (χ1n) is 9.14. The van der Waals surface area contributed by atoms with Crippen LogP contribution < -0.4 is 10.0 Å². The maximum absolute atomic E-state index is 13.2. The van der Waals surface area contributed by atoms with Crippen LogP contribution in [-0.4, -0.2) is 41.1 Å². The number of sulfonamides is 1. The number of amides is 1. The van der Waals surface area contributed by atoms with Crippen LogP contribution in [0.3, 0.4) is 0 Å². The lowest BCUT2D eigenvalue weighted by Crippen LogP contribution is -2.25. The molecule has 9 nitrogen and oxygen atoms in total. The maximum atomic E-state index is 13.2. The van der Waals surface area contributed by atoms with Gasteiger partial charge < -0.3 is 5.32 Å². The second kappa shape index (κ2) is 8.20. The second-order valence-corrected chi connectivity index (χ2v) is 8.34. The van der Waals surface area contributed by atoms with Crippen LogP contribution in [0.5, 0.6) is 0 Å². The van der Waals surface area contributed by atoms with E-state index in [0.717, 1.165) is 0 Å². The van der Waals surface area contributed by atoms with Gasteiger partial charge in [0.15, 0.2) is 5.03 Å². The number of carbonyl (C=O) groups excluding carboxylic acids is 1. The van der Waals surface area contributed by atoms with Crippen molar-refractivity contribution >= 4 is 26.8 Å². The maximum Gasteiger partial charge on any atom is 0.257 e. The van der Waals surface area contributed by atoms with E-state index >= 15 is 0 Å². The number of fused-ring (bicyclic) bond motifs is 1. The molecule has 1 amide bonds. The Morgan fingerprint density at radius 2 is 1.87 bits per heavy atom. The van der Waals surface area contributed by atoms with Gasteiger partial charge in [0.2, 0.25) is 0 Å². The zero-order valence-corrected chi connectivity index (χ0v) is 17.1. The van der Waals surface area contributed by atoms with Crippen molar-refractivity contribution in [2.75, 3.05) is 7.05 Å². The van der Waals surface area contributed by atoms with E-state index in [4.69, 9.17) is 0 Å². The topological polar surface area (TPSA) is 119 Å². The number of nitrogens with one attached hydrogen (secondary N) is 2. The molecule has 158 valence electrons. The molecule has 31 heavy (non-hydrogen) atoms. The molecule has 0 aliphatic heterocycles. The van der Waals surface area contributed by atoms with Gasteiger partial charge in [-0.15, -0.1) is 0 Å². The van der Waals surface area contributed by atoms with E-state index in [0.29, 0.717) is 27.8 Å². The summed E-state index contributed by atoms with van der Waals surface area (Å²) in [6.07, 6.45) is 4.52. The number of hydrogen-bond donors (Lipinski definition) is 2. The molecule has 11 heteroatoms. The van der Waals surface area contributed by atoms with E-state index in [1.807, 2.05) is 0 Å². The number of carbonyl (C=O) groups is 1. The summed E-state index contributed by atoms with van der Waals surface area (Å²) in [5.41, 5.74) is 1.89. The summed E-state index contributed by atoms with van der Waals surface area (Å²) < 4.78 is 40.8. The number of halogens is 1. The molecule has 3 heterocycles. The van der Waals surface area contributed by atoms with Gasteiger partial charge in [-0.1, -0.05) is 6.07 Å². The van der Waals surface area contributed by atoms with E-state index in [-0.39, 0.29) is 17.4 Å². The minimum Gasteiger partial charge on any atom is -0.346 e. The standard InChI is InChI=1S/C20H17FN6O3S/c1-22-31(29,30)19-4-2-3-14(26-19)9-24-20(28)17-10-23-12-18-16(17)11-25-27(18)15-7-5-13(21)6-8-15/h2-8,10-12,22H,9H2,1H3,(H,24,28). The average molecular weight is 440 g/mol. The third-order valence-corrected chi connectivity index (χ3v) is 5.88. The lowest BCUT2D eigenvalue weighted by Gasteiger charge is -2.08. The highest BCUT2D eigenvalue weighted by Gasteiger charge is 2.16. The molecule has 0 radical (unpaired) electrons. The van der Waals surface area contributed by atoms with Crippen molar-refractivity contribution < 1.29 is 17.6 Å². The third kappa shape index (κ3) is 4.13. The van der Waals surface area contributed by atoms with Gasteiger partial charge in [0.1, 0.15) is 5.82 Å². The van der Waals surface area contributed by atoms with E-state index in [9.17, 15) is 17.6 Å². The van der Waals surface area contributed by atoms with Crippen LogP contribution in [0.2, 0.25) is 0 Å². The van der Waals surface area contributed by atoms with E-state index < -0.39 is 15.9 Å². The Morgan fingerprint density at radius 3 is 2.61 bits per heavy atom. The summed E-state index contributed by atoms with van der Waals surface area (Å²) in [5.74, 6) is -0.779. The van der Waals surface area contributed by atoms with E-state index in [1.54, 1.807) is 35.1 Å². The highest BCUT2D eigenvalue weighted by molar-refractivity contribution is 7.89. The van der Waals surface area contributed by atoms with Gasteiger partial charge in [-0.05, 0) is 43.4 Å². The van der Waals surface area contributed by atoms with Gasteiger partial charge in [-0.2, -0.15) is 5.10 Å². The van der Waals surface area contributed by atoms with Gasteiger partial charge in [0.25, 0.3) is 15.9 Å². The molecular formula is C20H17FN6O3S. The first-order chi connectivity index (χ1) is 14.9. The summed E-state index contributed by atoms with van der Waals surface area (Å²) in [7, 11) is -2.39. The average Bonchev–Trinajstić information content (AvgIpc) is 3.22. The van der Waals surface area contributed by atoms with Gasteiger partial charge in [-0.3, -0.25) is 9.78 Å². The van der Waals surface area contributed by atoms with Gasteiger partial charge in [0, 0.05) is 11.6 Å². The molecule has 0 saturated carbocycles. The molecule has 0 spiro atoms. The van der Waals surface area contributed by atoms with Crippen molar-refractivity contribution in [3.63, 3.8) is 0 Å². The predicted molar refractivity (Wildman–Crippen MR) is 110 cm³/mol. The fourth-order valence-corrected chi connectivity index (χ4v) is 3.69. The Balaban J connectivity index is 1.58. The molecule has 0 bridgehead atoms. The number of hydrogen-bond acceptors (Lipinski definition) is 6. The fraction of sp³-hybridized carbons (Fsp3) is 0.100. The highest BCUT2D eigenvalue weighted by Crippen LogP contribution is 2.21. The van der Waals surface area contributed by atoms with Crippen molar-refractivity contribution in [3.8, 4) is 5.69 Å². The van der Waals surface area contributed by atoms with Crippen molar-refractivity contribution in [2.45, 2.75) is 11.6 Å². The Labute approximate surface area is 177 Å². The summed E-state index contributed by atoms with van der Waals surface area (Å²) in [6.45, 7) is 0.0222. The van der Waals surface area contributed by atoms with E-state index in [2.05, 4.69) is 25.1 Å². The highest BCUT2D eigenvalue weighted by atomic mass is 32.2. The van der Waals surface area contributed by atoms with Gasteiger partial charge >= 0.3 is 0 Å². The summed E-state index contributed by atoms with van der Waals surface area (Å²) >= 11 is 0. The lowest BCUT2D eigenvalue weighted by atomic mass is 10.2. The van der Waals surface area contributed by atoms with Crippen molar-refractivity contribution in [3.05, 3.63) is 78.1 Å². The van der Waals surface area contributed by atoms with Gasteiger partial charge in [-0.25, -0.2) is 27.2 Å². The molecule has 1 aromatic carbocycles. The monoisotopic (exact) mass is 440 g/mol.